The van der Waals surface area contributed by atoms with Crippen LogP contribution in [0.25, 0.3) is 11.7 Å². The van der Waals surface area contributed by atoms with Crippen LogP contribution < -0.4 is 10.9 Å². The van der Waals surface area contributed by atoms with Gasteiger partial charge < -0.3 is 15.3 Å². The maximum Gasteiger partial charge on any atom is 0.291 e. The first-order valence-electron chi connectivity index (χ1n) is 10.2. The van der Waals surface area contributed by atoms with Crippen LogP contribution in [0, 0.1) is 5.92 Å². The van der Waals surface area contributed by atoms with Gasteiger partial charge in [-0.3, -0.25) is 19.0 Å². The van der Waals surface area contributed by atoms with Gasteiger partial charge in [0.25, 0.3) is 11.5 Å². The Morgan fingerprint density at radius 2 is 2.00 bits per heavy atom. The number of likely N-dealkylation sites (N-methyl/N-ethyl adjacent to an activating group) is 1. The van der Waals surface area contributed by atoms with Crippen LogP contribution in [0.3, 0.4) is 0 Å². The van der Waals surface area contributed by atoms with Crippen molar-refractivity contribution < 1.29 is 14.7 Å². The molecule has 9 heteroatoms. The maximum atomic E-state index is 12.9. The van der Waals surface area contributed by atoms with E-state index >= 15 is 0 Å². The van der Waals surface area contributed by atoms with Crippen molar-refractivity contribution in [3.05, 3.63) is 33.8 Å². The van der Waals surface area contributed by atoms with E-state index in [1.54, 1.807) is 18.0 Å². The van der Waals surface area contributed by atoms with E-state index in [2.05, 4.69) is 10.4 Å². The zero-order valence-corrected chi connectivity index (χ0v) is 18.0. The van der Waals surface area contributed by atoms with Crippen molar-refractivity contribution in [3.63, 3.8) is 0 Å². The summed E-state index contributed by atoms with van der Waals surface area (Å²) in [4.78, 5) is 39.4. The minimum atomic E-state index is -0.689. The van der Waals surface area contributed by atoms with E-state index in [4.69, 9.17) is 0 Å². The molecule has 0 radical (unpaired) electrons. The molecular weight excluding hydrogens is 386 g/mol. The molecule has 1 aliphatic rings. The number of hydrogen-bond acceptors (Lipinski definition) is 5. The summed E-state index contributed by atoms with van der Waals surface area (Å²) in [6.45, 7) is 8.11. The lowest BCUT2D eigenvalue weighted by atomic mass is 10.2. The third-order valence-corrected chi connectivity index (χ3v) is 5.13. The molecule has 1 fully saturated rings. The van der Waals surface area contributed by atoms with E-state index in [0.29, 0.717) is 17.8 Å². The van der Waals surface area contributed by atoms with E-state index in [1.807, 2.05) is 27.7 Å². The lowest BCUT2D eigenvalue weighted by Crippen LogP contribution is -2.34. The normalized spacial score (nSPS) is 14.2. The summed E-state index contributed by atoms with van der Waals surface area (Å²) < 4.78 is 2.62. The number of aromatic hydroxyl groups is 1. The fourth-order valence-corrected chi connectivity index (χ4v) is 3.08. The maximum absolute atomic E-state index is 12.9. The molecule has 2 N–H and O–H groups in total. The van der Waals surface area contributed by atoms with Gasteiger partial charge in [0.15, 0.2) is 5.56 Å². The van der Waals surface area contributed by atoms with Crippen molar-refractivity contribution in [2.24, 2.45) is 5.92 Å². The number of carbonyl (C=O) groups excluding carboxylic acids is 2. The van der Waals surface area contributed by atoms with Crippen LogP contribution >= 0.6 is 0 Å². The molecule has 0 bridgehead atoms. The minimum Gasteiger partial charge on any atom is -0.494 e. The molecule has 1 aliphatic carbocycles. The minimum absolute atomic E-state index is 0.0433. The SMILES string of the molecule is CC(C)Cn1c(O)c(C(=O)NC2CC2)c(=O)n2ncc(C=CC(=O)N(C)C(C)C)c12. The van der Waals surface area contributed by atoms with Gasteiger partial charge >= 0.3 is 0 Å². The number of rotatable bonds is 7. The van der Waals surface area contributed by atoms with Gasteiger partial charge in [-0.1, -0.05) is 13.8 Å². The summed E-state index contributed by atoms with van der Waals surface area (Å²) in [7, 11) is 1.71. The first-order chi connectivity index (χ1) is 14.1. The molecule has 2 aromatic heterocycles. The first kappa shape index (κ1) is 21.6. The van der Waals surface area contributed by atoms with Crippen LogP contribution in [-0.4, -0.2) is 55.1 Å². The first-order valence-corrected chi connectivity index (χ1v) is 10.2. The molecular formula is C21H29N5O4. The second-order valence-corrected chi connectivity index (χ2v) is 8.47. The summed E-state index contributed by atoms with van der Waals surface area (Å²) in [6, 6.07) is 0.0902. The van der Waals surface area contributed by atoms with Gasteiger partial charge in [-0.2, -0.15) is 9.61 Å². The molecule has 3 rings (SSSR count). The van der Waals surface area contributed by atoms with E-state index in [1.165, 1.54) is 16.8 Å². The Morgan fingerprint density at radius 3 is 2.57 bits per heavy atom. The Kier molecular flexibility index (Phi) is 6.00. The molecule has 2 heterocycles. The second kappa shape index (κ2) is 8.33. The van der Waals surface area contributed by atoms with Crippen LogP contribution in [0.1, 0.15) is 56.5 Å². The molecule has 30 heavy (non-hydrogen) atoms. The number of nitrogens with zero attached hydrogens (tertiary/aromatic N) is 4. The predicted octanol–water partition coefficient (Wildman–Crippen LogP) is 1.63. The zero-order valence-electron chi connectivity index (χ0n) is 18.0. The molecule has 0 aromatic carbocycles. The number of fused-ring (bicyclic) bond motifs is 1. The summed E-state index contributed by atoms with van der Waals surface area (Å²) in [5.41, 5.74) is -0.164. The number of aromatic nitrogens is 3. The topological polar surface area (TPSA) is 109 Å². The Labute approximate surface area is 175 Å². The van der Waals surface area contributed by atoms with Crippen LogP contribution in [0.5, 0.6) is 5.88 Å². The molecule has 0 spiro atoms. The van der Waals surface area contributed by atoms with Gasteiger partial charge in [0.1, 0.15) is 5.65 Å². The van der Waals surface area contributed by atoms with Gasteiger partial charge in [-0.15, -0.1) is 0 Å². The van der Waals surface area contributed by atoms with Crippen LogP contribution in [0.15, 0.2) is 17.1 Å². The molecule has 0 saturated heterocycles. The van der Waals surface area contributed by atoms with Crippen molar-refractivity contribution in [2.75, 3.05) is 7.05 Å². The van der Waals surface area contributed by atoms with Gasteiger partial charge in [0.05, 0.1) is 6.20 Å². The van der Waals surface area contributed by atoms with Crippen molar-refractivity contribution in [3.8, 4) is 5.88 Å². The second-order valence-electron chi connectivity index (χ2n) is 8.47. The predicted molar refractivity (Wildman–Crippen MR) is 113 cm³/mol. The molecule has 0 aliphatic heterocycles. The van der Waals surface area contributed by atoms with Gasteiger partial charge in [0, 0.05) is 37.3 Å². The monoisotopic (exact) mass is 415 g/mol. The lowest BCUT2D eigenvalue weighted by Gasteiger charge is -2.19. The van der Waals surface area contributed by atoms with Crippen molar-refractivity contribution in [2.45, 2.75) is 59.2 Å². The standard InChI is InChI=1S/C21H29N5O4/c1-12(2)11-25-19-14(6-9-16(27)24(5)13(3)4)10-22-26(19)21(30)17(20(25)29)18(28)23-15-7-8-15/h6,9-10,12-13,15,29H,7-8,11H2,1-5H3,(H,23,28). The van der Waals surface area contributed by atoms with E-state index in [0.717, 1.165) is 17.4 Å². The fourth-order valence-electron chi connectivity index (χ4n) is 3.08. The molecule has 1 saturated carbocycles. The highest BCUT2D eigenvalue weighted by atomic mass is 16.3. The van der Waals surface area contributed by atoms with Crippen molar-refractivity contribution >= 4 is 23.5 Å². The third kappa shape index (κ3) is 4.24. The zero-order chi connectivity index (χ0) is 22.2. The molecule has 0 unspecified atom stereocenters. The van der Waals surface area contributed by atoms with Crippen molar-refractivity contribution in [1.82, 2.24) is 24.4 Å². The number of nitrogens with one attached hydrogen (secondary N) is 1. The molecule has 2 aromatic rings. The van der Waals surface area contributed by atoms with E-state index in [-0.39, 0.29) is 35.4 Å². The summed E-state index contributed by atoms with van der Waals surface area (Å²) >= 11 is 0. The van der Waals surface area contributed by atoms with Crippen LogP contribution in [0.2, 0.25) is 0 Å². The Hall–Kier alpha value is -3.10. The number of hydrogen-bond donors (Lipinski definition) is 2. The Bertz CT molecular complexity index is 1060. The third-order valence-electron chi connectivity index (χ3n) is 5.13. The smallest absolute Gasteiger partial charge is 0.291 e. The molecule has 9 nitrogen and oxygen atoms in total. The van der Waals surface area contributed by atoms with Crippen LogP contribution in [-0.2, 0) is 11.3 Å². The highest BCUT2D eigenvalue weighted by Gasteiger charge is 2.29. The summed E-state index contributed by atoms with van der Waals surface area (Å²) in [5.74, 6) is -1.05. The molecule has 0 atom stereocenters. The van der Waals surface area contributed by atoms with E-state index < -0.39 is 11.5 Å². The average molecular weight is 415 g/mol. The highest BCUT2D eigenvalue weighted by molar-refractivity contribution is 5.97. The van der Waals surface area contributed by atoms with Crippen molar-refractivity contribution in [1.29, 1.82) is 0 Å². The summed E-state index contributed by atoms with van der Waals surface area (Å²) in [5, 5.41) is 17.8. The Balaban J connectivity index is 2.12. The quantitative estimate of drug-likeness (QED) is 0.668. The highest BCUT2D eigenvalue weighted by Crippen LogP contribution is 2.24. The van der Waals surface area contributed by atoms with Gasteiger partial charge in [-0.25, -0.2) is 0 Å². The summed E-state index contributed by atoms with van der Waals surface area (Å²) in [6.07, 6.45) is 6.17. The van der Waals surface area contributed by atoms with E-state index in [9.17, 15) is 19.5 Å². The lowest BCUT2D eigenvalue weighted by molar-refractivity contribution is -0.126. The largest absolute Gasteiger partial charge is 0.494 e. The molecule has 2 amide bonds. The number of amides is 2. The molecule has 162 valence electrons. The number of carbonyl (C=O) groups is 2. The van der Waals surface area contributed by atoms with Gasteiger partial charge in [-0.05, 0) is 38.7 Å². The Morgan fingerprint density at radius 1 is 1.33 bits per heavy atom. The van der Waals surface area contributed by atoms with Gasteiger partial charge in [0.2, 0.25) is 11.8 Å². The van der Waals surface area contributed by atoms with Crippen LogP contribution in [0.4, 0.5) is 0 Å². The average Bonchev–Trinajstić information content (AvgIpc) is 3.38. The fraction of sp³-hybridized carbons (Fsp3) is 0.524.